The fraction of sp³-hybridized carbons (Fsp3) is 0.417. The van der Waals surface area contributed by atoms with E-state index in [1.807, 2.05) is 16.8 Å². The zero-order chi connectivity index (χ0) is 15.2. The zero-order valence-electron chi connectivity index (χ0n) is 11.4. The number of aromatic nitrogens is 4. The molecule has 0 saturated carbocycles. The lowest BCUT2D eigenvalue weighted by molar-refractivity contribution is -0.141. The minimum atomic E-state index is -0.920. The number of aliphatic carboxylic acids is 1. The molecule has 8 nitrogen and oxygen atoms in total. The summed E-state index contributed by atoms with van der Waals surface area (Å²) in [4.78, 5) is 23.8. The molecule has 1 atom stereocenters. The van der Waals surface area contributed by atoms with E-state index in [0.29, 0.717) is 12.2 Å². The maximum Gasteiger partial charge on any atom is 0.308 e. The molecule has 0 aliphatic heterocycles. The van der Waals surface area contributed by atoms with Crippen molar-refractivity contribution in [3.63, 3.8) is 0 Å². The lowest BCUT2D eigenvalue weighted by Crippen LogP contribution is -2.35. The van der Waals surface area contributed by atoms with Crippen LogP contribution in [-0.2, 0) is 16.1 Å². The molecular weight excluding hydrogens is 294 g/mol. The van der Waals surface area contributed by atoms with Crippen LogP contribution in [0.3, 0.4) is 0 Å². The highest BCUT2D eigenvalue weighted by Gasteiger charge is 2.16. The molecule has 2 rings (SSSR count). The average molecular weight is 309 g/mol. The normalized spacial score (nSPS) is 12.0. The van der Waals surface area contributed by atoms with Crippen LogP contribution in [0.25, 0.3) is 11.4 Å². The predicted octanol–water partition coefficient (Wildman–Crippen LogP) is 0.629. The number of thiophene rings is 1. The van der Waals surface area contributed by atoms with Crippen molar-refractivity contribution < 1.29 is 14.7 Å². The van der Waals surface area contributed by atoms with Gasteiger partial charge in [0.05, 0.1) is 5.92 Å². The third-order valence-electron chi connectivity index (χ3n) is 2.90. The quantitative estimate of drug-likeness (QED) is 0.776. The molecule has 0 bridgehead atoms. The van der Waals surface area contributed by atoms with Crippen LogP contribution in [0, 0.1) is 5.92 Å². The number of rotatable bonds is 7. The molecule has 0 aliphatic rings. The van der Waals surface area contributed by atoms with Gasteiger partial charge in [0.1, 0.15) is 6.54 Å². The summed E-state index contributed by atoms with van der Waals surface area (Å²) in [5, 5.41) is 27.0. The van der Waals surface area contributed by atoms with Gasteiger partial charge in [-0.2, -0.15) is 16.1 Å². The molecule has 2 heterocycles. The second kappa shape index (κ2) is 6.93. The molecule has 9 heteroatoms. The molecule has 1 amide bonds. The van der Waals surface area contributed by atoms with Gasteiger partial charge in [0, 0.05) is 17.5 Å². The number of carboxylic acid groups (broad SMARTS) is 1. The first kappa shape index (κ1) is 15.1. The van der Waals surface area contributed by atoms with Gasteiger partial charge >= 0.3 is 5.97 Å². The van der Waals surface area contributed by atoms with Gasteiger partial charge in [0.15, 0.2) is 0 Å². The summed E-state index contributed by atoms with van der Waals surface area (Å²) in [7, 11) is 0. The predicted molar refractivity (Wildman–Crippen MR) is 75.6 cm³/mol. The molecule has 2 aromatic heterocycles. The first-order chi connectivity index (χ1) is 10.1. The number of carbonyl (C=O) groups is 2. The van der Waals surface area contributed by atoms with Crippen LogP contribution in [0.1, 0.15) is 13.3 Å². The number of hydrogen-bond acceptors (Lipinski definition) is 6. The maximum absolute atomic E-state index is 11.7. The Morgan fingerprint density at radius 3 is 2.95 bits per heavy atom. The molecule has 1 unspecified atom stereocenters. The Kier molecular flexibility index (Phi) is 4.99. The molecule has 0 fully saturated rings. The molecule has 2 N–H and O–H groups in total. The highest BCUT2D eigenvalue weighted by atomic mass is 32.1. The highest BCUT2D eigenvalue weighted by Crippen LogP contribution is 2.16. The van der Waals surface area contributed by atoms with E-state index in [-0.39, 0.29) is 19.0 Å². The third kappa shape index (κ3) is 4.09. The Hall–Kier alpha value is -2.29. The van der Waals surface area contributed by atoms with Gasteiger partial charge in [-0.25, -0.2) is 0 Å². The van der Waals surface area contributed by atoms with Gasteiger partial charge in [-0.3, -0.25) is 9.59 Å². The number of carboxylic acids is 1. The van der Waals surface area contributed by atoms with Crippen molar-refractivity contribution in [3.8, 4) is 11.4 Å². The van der Waals surface area contributed by atoms with Gasteiger partial charge in [-0.1, -0.05) is 6.92 Å². The third-order valence-corrected chi connectivity index (χ3v) is 3.59. The number of amides is 1. The molecular formula is C12H15N5O3S. The summed E-state index contributed by atoms with van der Waals surface area (Å²) in [6.45, 7) is 1.76. The molecule has 2 aromatic rings. The van der Waals surface area contributed by atoms with Gasteiger partial charge in [0.2, 0.25) is 11.7 Å². The SMILES string of the molecule is CCC(CNC(=O)Cn1nnc(-c2ccsc2)n1)C(=O)O. The first-order valence-electron chi connectivity index (χ1n) is 6.40. The van der Waals surface area contributed by atoms with E-state index >= 15 is 0 Å². The van der Waals surface area contributed by atoms with Crippen molar-refractivity contribution in [1.29, 1.82) is 0 Å². The number of nitrogens with one attached hydrogen (secondary N) is 1. The monoisotopic (exact) mass is 309 g/mol. The van der Waals surface area contributed by atoms with E-state index in [0.717, 1.165) is 5.56 Å². The average Bonchev–Trinajstić information content (AvgIpc) is 3.09. The lowest BCUT2D eigenvalue weighted by atomic mass is 10.1. The zero-order valence-corrected chi connectivity index (χ0v) is 12.2. The fourth-order valence-corrected chi connectivity index (χ4v) is 2.28. The van der Waals surface area contributed by atoms with Crippen LogP contribution in [-0.4, -0.2) is 43.7 Å². The van der Waals surface area contributed by atoms with E-state index < -0.39 is 11.9 Å². The molecule has 21 heavy (non-hydrogen) atoms. The number of tetrazole rings is 1. The summed E-state index contributed by atoms with van der Waals surface area (Å²) in [5.74, 6) is -1.39. The van der Waals surface area contributed by atoms with Crippen LogP contribution in [0.15, 0.2) is 16.8 Å². The van der Waals surface area contributed by atoms with Gasteiger partial charge in [-0.05, 0) is 23.1 Å². The molecule has 0 aliphatic carbocycles. The minimum Gasteiger partial charge on any atom is -0.481 e. The van der Waals surface area contributed by atoms with Crippen molar-refractivity contribution in [3.05, 3.63) is 16.8 Å². The van der Waals surface area contributed by atoms with Gasteiger partial charge in [-0.15, -0.1) is 10.2 Å². The first-order valence-corrected chi connectivity index (χ1v) is 7.34. The van der Waals surface area contributed by atoms with E-state index in [2.05, 4.69) is 20.7 Å². The van der Waals surface area contributed by atoms with Crippen molar-refractivity contribution >= 4 is 23.2 Å². The number of nitrogens with zero attached hydrogens (tertiary/aromatic N) is 4. The Bertz CT molecular complexity index is 610. The maximum atomic E-state index is 11.7. The van der Waals surface area contributed by atoms with Crippen LogP contribution >= 0.6 is 11.3 Å². The van der Waals surface area contributed by atoms with Crippen LogP contribution in [0.5, 0.6) is 0 Å². The Balaban J connectivity index is 1.87. The Morgan fingerprint density at radius 2 is 2.33 bits per heavy atom. The Labute approximate surface area is 124 Å². The standard InChI is InChI=1S/C12H15N5O3S/c1-2-8(12(19)20)5-13-10(18)6-17-15-11(14-16-17)9-3-4-21-7-9/h3-4,7-8H,2,5-6H2,1H3,(H,13,18)(H,19,20). The molecule has 0 aromatic carbocycles. The van der Waals surface area contributed by atoms with E-state index in [9.17, 15) is 9.59 Å². The van der Waals surface area contributed by atoms with Crippen LogP contribution in [0.4, 0.5) is 0 Å². The van der Waals surface area contributed by atoms with Crippen LogP contribution in [0.2, 0.25) is 0 Å². The van der Waals surface area contributed by atoms with E-state index in [1.165, 1.54) is 16.1 Å². The number of carbonyl (C=O) groups excluding carboxylic acids is 1. The summed E-state index contributed by atoms with van der Waals surface area (Å²) in [6, 6.07) is 1.87. The second-order valence-corrected chi connectivity index (χ2v) is 5.18. The molecule has 112 valence electrons. The Morgan fingerprint density at radius 1 is 1.52 bits per heavy atom. The highest BCUT2D eigenvalue weighted by molar-refractivity contribution is 7.08. The molecule has 0 spiro atoms. The second-order valence-electron chi connectivity index (χ2n) is 4.40. The van der Waals surface area contributed by atoms with Gasteiger partial charge in [0.25, 0.3) is 0 Å². The smallest absolute Gasteiger partial charge is 0.308 e. The molecule has 0 saturated heterocycles. The largest absolute Gasteiger partial charge is 0.481 e. The number of hydrogen-bond donors (Lipinski definition) is 2. The van der Waals surface area contributed by atoms with Crippen LogP contribution < -0.4 is 5.32 Å². The van der Waals surface area contributed by atoms with E-state index in [1.54, 1.807) is 6.92 Å². The lowest BCUT2D eigenvalue weighted by Gasteiger charge is -2.10. The summed E-state index contributed by atoms with van der Waals surface area (Å²) in [6.07, 6.45) is 0.458. The minimum absolute atomic E-state index is 0.0901. The topological polar surface area (TPSA) is 110 Å². The molecule has 0 radical (unpaired) electrons. The summed E-state index contributed by atoms with van der Waals surface area (Å²) < 4.78 is 0. The van der Waals surface area contributed by atoms with Crippen molar-refractivity contribution in [1.82, 2.24) is 25.5 Å². The fourth-order valence-electron chi connectivity index (χ4n) is 1.65. The van der Waals surface area contributed by atoms with Crippen molar-refractivity contribution in [2.75, 3.05) is 6.54 Å². The van der Waals surface area contributed by atoms with E-state index in [4.69, 9.17) is 5.11 Å². The summed E-state index contributed by atoms with van der Waals surface area (Å²) in [5.41, 5.74) is 0.851. The van der Waals surface area contributed by atoms with Crippen molar-refractivity contribution in [2.24, 2.45) is 5.92 Å². The van der Waals surface area contributed by atoms with Gasteiger partial charge < -0.3 is 10.4 Å². The van der Waals surface area contributed by atoms with Crippen molar-refractivity contribution in [2.45, 2.75) is 19.9 Å². The summed E-state index contributed by atoms with van der Waals surface area (Å²) >= 11 is 1.52.